The molecule has 0 bridgehead atoms. The van der Waals surface area contributed by atoms with E-state index in [0.717, 1.165) is 24.3 Å². The van der Waals surface area contributed by atoms with Crippen LogP contribution in [-0.4, -0.2) is 63.4 Å². The van der Waals surface area contributed by atoms with Gasteiger partial charge < -0.3 is 17.2 Å². The van der Waals surface area contributed by atoms with Crippen LogP contribution < -0.4 is 22.6 Å². The number of Topliss-reactive ketones (excluding diaryl/α,β-unsaturated/α-hetero) is 1. The second-order valence-corrected chi connectivity index (χ2v) is 17.9. The Morgan fingerprint density at radius 1 is 0.567 bits per heavy atom. The van der Waals surface area contributed by atoms with Crippen molar-refractivity contribution in [2.24, 2.45) is 25.6 Å². The summed E-state index contributed by atoms with van der Waals surface area (Å²) in [4.78, 5) is 9.70. The number of allylic oxidation sites excluding steroid dienone is 1. The molecule has 11 N–H and O–H groups in total. The third kappa shape index (κ3) is 9.09. The number of para-hydroxylation sites is 1. The number of nitrogens with two attached hydrogens (primary N) is 3. The highest BCUT2D eigenvalue weighted by atomic mass is 32.2. The summed E-state index contributed by atoms with van der Waals surface area (Å²) >= 11 is 0. The van der Waals surface area contributed by atoms with E-state index in [0.29, 0.717) is 23.9 Å². The minimum absolute atomic E-state index is 0.138. The average Bonchev–Trinajstić information content (AvgIpc) is 3.15. The standard InChI is InChI=1S/C34H27N9O13S4/c35-18-6-11-25(24(36)14-18)41-39-20-7-9-22(26(15-20)57(45,46)47)23-10-8-21(16-27(23)58(48,49)50)40-42-32-28(59(51,52)53)12-17-13-29(60(54,55)56)33(34(44)30(17)31(32)37)43-38-19-4-2-1-3-5-19/h1-16,38H,35-37H2,(H,45,46,47)(H,48,49,50)(H,51,52,53)(H,54,55,56)/b41-39?,42-40?,43-33+. The molecular weight excluding hydrogens is 871 g/mol. The monoisotopic (exact) mass is 897 g/mol. The lowest BCUT2D eigenvalue weighted by Gasteiger charge is -2.20. The van der Waals surface area contributed by atoms with Crippen LogP contribution in [0.4, 0.5) is 45.5 Å². The van der Waals surface area contributed by atoms with Gasteiger partial charge in [0, 0.05) is 16.8 Å². The molecule has 0 aromatic heterocycles. The zero-order valence-corrected chi connectivity index (χ0v) is 33.1. The molecule has 5 aromatic rings. The number of hydrogen-bond acceptors (Lipinski definition) is 18. The molecular formula is C34H27N9O13S4. The lowest BCUT2D eigenvalue weighted by atomic mass is 9.92. The van der Waals surface area contributed by atoms with Gasteiger partial charge in [0.1, 0.15) is 31.0 Å². The molecule has 0 aliphatic heterocycles. The quantitative estimate of drug-likeness (QED) is 0.0348. The zero-order chi connectivity index (χ0) is 43.9. The SMILES string of the molecule is Nc1ccc(N=Nc2ccc(-c3ccc(N=Nc4c(S(=O)(=O)O)cc5c(c4N)C(=O)/C(=N/Nc4ccccc4)C(S(=O)(=O)O)=C5)cc3S(=O)(=O)O)c(S(=O)(=O)O)c2)c(N)c1. The Hall–Kier alpha value is -6.78. The Morgan fingerprint density at radius 3 is 1.63 bits per heavy atom. The van der Waals surface area contributed by atoms with E-state index in [2.05, 4.69) is 31.0 Å². The fourth-order valence-electron chi connectivity index (χ4n) is 5.63. The summed E-state index contributed by atoms with van der Waals surface area (Å²) in [5, 5.41) is 19.2. The molecule has 0 fully saturated rings. The molecule has 0 saturated carbocycles. The number of fused-ring (bicyclic) bond motifs is 1. The summed E-state index contributed by atoms with van der Waals surface area (Å²) in [5.74, 6) is -1.26. The van der Waals surface area contributed by atoms with Crippen LogP contribution in [0.5, 0.6) is 0 Å². The smallest absolute Gasteiger partial charge is 0.296 e. The van der Waals surface area contributed by atoms with Crippen LogP contribution in [0.3, 0.4) is 0 Å². The highest BCUT2D eigenvalue weighted by Gasteiger charge is 2.37. The highest BCUT2D eigenvalue weighted by molar-refractivity contribution is 7.91. The fraction of sp³-hybridized carbons (Fsp3) is 0. The van der Waals surface area contributed by atoms with Crippen molar-refractivity contribution in [1.29, 1.82) is 0 Å². The highest BCUT2D eigenvalue weighted by Crippen LogP contribution is 2.42. The summed E-state index contributed by atoms with van der Waals surface area (Å²) < 4.78 is 140. The predicted octanol–water partition coefficient (Wildman–Crippen LogP) is 5.56. The van der Waals surface area contributed by atoms with Crippen LogP contribution in [0.2, 0.25) is 0 Å². The molecule has 0 radical (unpaired) electrons. The van der Waals surface area contributed by atoms with Crippen molar-refractivity contribution in [1.82, 2.24) is 0 Å². The molecule has 310 valence electrons. The Balaban J connectivity index is 1.45. The first-order valence-electron chi connectivity index (χ1n) is 16.2. The number of carbonyl (C=O) groups is 1. The van der Waals surface area contributed by atoms with E-state index in [1.165, 1.54) is 36.4 Å². The van der Waals surface area contributed by atoms with Crippen molar-refractivity contribution in [2.75, 3.05) is 22.6 Å². The number of anilines is 4. The second-order valence-electron chi connectivity index (χ2n) is 12.4. The number of hydrazone groups is 1. The summed E-state index contributed by atoms with van der Waals surface area (Å²) in [6, 6.07) is 18.5. The normalized spacial score (nSPS) is 14.4. The van der Waals surface area contributed by atoms with E-state index >= 15 is 0 Å². The molecule has 0 amide bonds. The van der Waals surface area contributed by atoms with E-state index in [1.54, 1.807) is 18.2 Å². The van der Waals surface area contributed by atoms with Gasteiger partial charge in [-0.2, -0.15) is 49.0 Å². The van der Waals surface area contributed by atoms with Crippen molar-refractivity contribution in [3.05, 3.63) is 107 Å². The molecule has 0 unspecified atom stereocenters. The van der Waals surface area contributed by atoms with Crippen LogP contribution in [0.25, 0.3) is 17.2 Å². The van der Waals surface area contributed by atoms with E-state index in [-0.39, 0.29) is 22.7 Å². The lowest BCUT2D eigenvalue weighted by Crippen LogP contribution is -2.28. The maximum Gasteiger partial charge on any atom is 0.296 e. The van der Waals surface area contributed by atoms with Gasteiger partial charge in [0.25, 0.3) is 40.5 Å². The van der Waals surface area contributed by atoms with Gasteiger partial charge in [-0.15, -0.1) is 10.2 Å². The molecule has 5 aromatic carbocycles. The third-order valence-corrected chi connectivity index (χ3v) is 11.8. The maximum atomic E-state index is 13.7. The molecule has 6 rings (SSSR count). The second kappa shape index (κ2) is 15.8. The van der Waals surface area contributed by atoms with Crippen molar-refractivity contribution >= 4 is 104 Å². The van der Waals surface area contributed by atoms with Crippen molar-refractivity contribution < 1.29 is 56.7 Å². The number of benzene rings is 5. The fourth-order valence-corrected chi connectivity index (χ4v) is 8.41. The van der Waals surface area contributed by atoms with Crippen molar-refractivity contribution in [2.45, 2.75) is 14.7 Å². The van der Waals surface area contributed by atoms with Crippen LogP contribution in [-0.2, 0) is 40.5 Å². The number of rotatable bonds is 11. The molecule has 1 aliphatic rings. The van der Waals surface area contributed by atoms with Crippen molar-refractivity contribution in [3.63, 3.8) is 0 Å². The van der Waals surface area contributed by atoms with Gasteiger partial charge in [-0.05, 0) is 72.3 Å². The first-order valence-corrected chi connectivity index (χ1v) is 22.0. The van der Waals surface area contributed by atoms with E-state index in [1.807, 2.05) is 0 Å². The summed E-state index contributed by atoms with van der Waals surface area (Å²) in [7, 11) is -20.9. The number of azo groups is 2. The van der Waals surface area contributed by atoms with Crippen LogP contribution in [0.1, 0.15) is 15.9 Å². The molecule has 1 aliphatic carbocycles. The topological polar surface area (TPSA) is 386 Å². The largest absolute Gasteiger partial charge is 0.399 e. The summed E-state index contributed by atoms with van der Waals surface area (Å²) in [6.45, 7) is 0. The van der Waals surface area contributed by atoms with Crippen LogP contribution in [0, 0.1) is 0 Å². The van der Waals surface area contributed by atoms with E-state index in [9.17, 15) is 56.7 Å². The van der Waals surface area contributed by atoms with Crippen LogP contribution >= 0.6 is 0 Å². The number of hydrogen-bond donors (Lipinski definition) is 8. The summed E-state index contributed by atoms with van der Waals surface area (Å²) in [5.41, 5.74) is 15.9. The van der Waals surface area contributed by atoms with Gasteiger partial charge >= 0.3 is 0 Å². The number of ketones is 1. The molecule has 60 heavy (non-hydrogen) atoms. The van der Waals surface area contributed by atoms with Gasteiger partial charge in [-0.25, -0.2) is 0 Å². The Bertz CT molecular complexity index is 3230. The Kier molecular flexibility index (Phi) is 11.2. The third-order valence-electron chi connectivity index (χ3n) is 8.29. The molecule has 0 atom stereocenters. The molecule has 22 nitrogen and oxygen atoms in total. The van der Waals surface area contributed by atoms with Gasteiger partial charge in [-0.1, -0.05) is 30.3 Å². The number of carbonyl (C=O) groups excluding carboxylic acids is 1. The molecule has 26 heteroatoms. The first kappa shape index (κ1) is 42.8. The van der Waals surface area contributed by atoms with Crippen molar-refractivity contribution in [3.8, 4) is 11.1 Å². The van der Waals surface area contributed by atoms with E-state index < -0.39 is 111 Å². The summed E-state index contributed by atoms with van der Waals surface area (Å²) in [6.07, 6.45) is 0.673. The zero-order valence-electron chi connectivity index (χ0n) is 29.8. The first-order chi connectivity index (χ1) is 27.9. The van der Waals surface area contributed by atoms with Gasteiger partial charge in [0.05, 0.1) is 34.0 Å². The Morgan fingerprint density at radius 2 is 1.12 bits per heavy atom. The molecule has 0 heterocycles. The van der Waals surface area contributed by atoms with E-state index in [4.69, 9.17) is 17.2 Å². The number of nitrogen functional groups attached to an aromatic ring is 3. The Labute approximate surface area is 339 Å². The molecule has 0 saturated heterocycles. The maximum absolute atomic E-state index is 13.7. The number of nitrogens with zero attached hydrogens (tertiary/aromatic N) is 5. The average molecular weight is 898 g/mol. The van der Waals surface area contributed by atoms with Gasteiger partial charge in [0.2, 0.25) is 5.78 Å². The lowest BCUT2D eigenvalue weighted by molar-refractivity contribution is 0.106. The minimum atomic E-state index is -5.32. The predicted molar refractivity (Wildman–Crippen MR) is 217 cm³/mol. The van der Waals surface area contributed by atoms with Crippen LogP contribution in [0.15, 0.2) is 136 Å². The molecule has 0 spiro atoms. The minimum Gasteiger partial charge on any atom is -0.399 e. The van der Waals surface area contributed by atoms with Gasteiger partial charge in [-0.3, -0.25) is 28.4 Å². The number of nitrogens with one attached hydrogen (secondary N) is 1. The van der Waals surface area contributed by atoms with Gasteiger partial charge in [0.15, 0.2) is 5.71 Å².